The van der Waals surface area contributed by atoms with Gasteiger partial charge in [-0.1, -0.05) is 28.1 Å². The smallest absolute Gasteiger partial charge is 0.410 e. The van der Waals surface area contributed by atoms with Gasteiger partial charge in [0, 0.05) is 35.1 Å². The Morgan fingerprint density at radius 3 is 2.48 bits per heavy atom. The zero-order valence-electron chi connectivity index (χ0n) is 14.8. The van der Waals surface area contributed by atoms with Gasteiger partial charge in [0.05, 0.1) is 0 Å². The molecule has 0 unspecified atom stereocenters. The Balaban J connectivity index is 1.93. The Labute approximate surface area is 156 Å². The van der Waals surface area contributed by atoms with E-state index in [1.54, 1.807) is 23.1 Å². The second-order valence-electron chi connectivity index (χ2n) is 7.18. The third-order valence-corrected chi connectivity index (χ3v) is 4.44. The van der Waals surface area contributed by atoms with E-state index in [9.17, 15) is 14.7 Å². The number of likely N-dealkylation sites (tertiary alicyclic amines) is 1. The molecule has 0 atom stereocenters. The first-order chi connectivity index (χ1) is 11.7. The number of piperidine rings is 1. The number of hydrogen-bond acceptors (Lipinski definition) is 4. The van der Waals surface area contributed by atoms with Crippen molar-refractivity contribution < 1.29 is 19.4 Å². The van der Waals surface area contributed by atoms with E-state index < -0.39 is 5.60 Å². The summed E-state index contributed by atoms with van der Waals surface area (Å²) in [4.78, 5) is 26.1. The van der Waals surface area contributed by atoms with Crippen molar-refractivity contribution in [3.8, 4) is 0 Å². The molecule has 25 heavy (non-hydrogen) atoms. The van der Waals surface area contributed by atoms with Crippen LogP contribution in [0, 0.1) is 5.92 Å². The SMILES string of the molecule is CC(C)(C)OC(=O)N1CCC(C(=O)C=C(O)c2cccc(Br)c2)CC1. The molecule has 0 aliphatic carbocycles. The molecule has 1 fully saturated rings. The van der Waals surface area contributed by atoms with Crippen LogP contribution in [0.1, 0.15) is 39.2 Å². The number of ketones is 1. The van der Waals surface area contributed by atoms with E-state index in [-0.39, 0.29) is 23.6 Å². The molecule has 1 aliphatic heterocycles. The van der Waals surface area contributed by atoms with Crippen molar-refractivity contribution in [1.82, 2.24) is 4.90 Å². The molecule has 1 N–H and O–H groups in total. The second kappa shape index (κ2) is 8.04. The Bertz CT molecular complexity index is 670. The molecule has 136 valence electrons. The number of rotatable bonds is 3. The van der Waals surface area contributed by atoms with Crippen molar-refractivity contribution in [2.75, 3.05) is 13.1 Å². The number of allylic oxidation sites excluding steroid dienone is 1. The number of benzene rings is 1. The van der Waals surface area contributed by atoms with E-state index in [1.165, 1.54) is 6.08 Å². The molecular formula is C19H24BrNO4. The van der Waals surface area contributed by atoms with Crippen LogP contribution in [0.2, 0.25) is 0 Å². The molecule has 0 spiro atoms. The van der Waals surface area contributed by atoms with E-state index in [2.05, 4.69) is 15.9 Å². The number of amides is 1. The average Bonchev–Trinajstić information content (AvgIpc) is 2.53. The summed E-state index contributed by atoms with van der Waals surface area (Å²) in [6.45, 7) is 6.46. The van der Waals surface area contributed by atoms with Crippen molar-refractivity contribution in [3.05, 3.63) is 40.4 Å². The molecule has 6 heteroatoms. The van der Waals surface area contributed by atoms with Gasteiger partial charge in [-0.3, -0.25) is 4.79 Å². The highest BCUT2D eigenvalue weighted by Gasteiger charge is 2.29. The summed E-state index contributed by atoms with van der Waals surface area (Å²) in [5.41, 5.74) is 0.0660. The van der Waals surface area contributed by atoms with Crippen molar-refractivity contribution in [2.24, 2.45) is 5.92 Å². The van der Waals surface area contributed by atoms with Crippen LogP contribution < -0.4 is 0 Å². The quantitative estimate of drug-likeness (QED) is 0.586. The van der Waals surface area contributed by atoms with Crippen LogP contribution in [0.3, 0.4) is 0 Å². The number of nitrogens with zero attached hydrogens (tertiary/aromatic N) is 1. The summed E-state index contributed by atoms with van der Waals surface area (Å²) in [7, 11) is 0. The van der Waals surface area contributed by atoms with Crippen LogP contribution in [0.5, 0.6) is 0 Å². The highest BCUT2D eigenvalue weighted by Crippen LogP contribution is 2.23. The summed E-state index contributed by atoms with van der Waals surface area (Å²) in [5.74, 6) is -0.338. The van der Waals surface area contributed by atoms with E-state index in [0.717, 1.165) is 4.47 Å². The van der Waals surface area contributed by atoms with Crippen molar-refractivity contribution in [1.29, 1.82) is 0 Å². The normalized spacial score (nSPS) is 16.6. The van der Waals surface area contributed by atoms with Gasteiger partial charge in [-0.05, 0) is 45.7 Å². The summed E-state index contributed by atoms with van der Waals surface area (Å²) in [6, 6.07) is 7.15. The number of halogens is 1. The van der Waals surface area contributed by atoms with Gasteiger partial charge in [0.2, 0.25) is 0 Å². The topological polar surface area (TPSA) is 66.8 Å². The molecule has 0 radical (unpaired) electrons. The number of aliphatic hydroxyl groups excluding tert-OH is 1. The average molecular weight is 410 g/mol. The maximum Gasteiger partial charge on any atom is 0.410 e. The fraction of sp³-hybridized carbons (Fsp3) is 0.474. The molecule has 1 heterocycles. The monoisotopic (exact) mass is 409 g/mol. The van der Waals surface area contributed by atoms with Gasteiger partial charge >= 0.3 is 6.09 Å². The van der Waals surface area contributed by atoms with E-state index in [4.69, 9.17) is 4.74 Å². The van der Waals surface area contributed by atoms with Gasteiger partial charge in [-0.2, -0.15) is 0 Å². The summed E-state index contributed by atoms with van der Waals surface area (Å²) < 4.78 is 6.19. The largest absolute Gasteiger partial charge is 0.507 e. The Hall–Kier alpha value is -1.82. The molecule has 1 aromatic carbocycles. The van der Waals surface area contributed by atoms with Crippen molar-refractivity contribution >= 4 is 33.6 Å². The number of carbonyl (C=O) groups is 2. The zero-order chi connectivity index (χ0) is 18.6. The Morgan fingerprint density at radius 1 is 1.28 bits per heavy atom. The molecule has 1 aromatic rings. The fourth-order valence-corrected chi connectivity index (χ4v) is 3.06. The van der Waals surface area contributed by atoms with Crippen LogP contribution in [-0.4, -0.2) is 40.6 Å². The Kier molecular flexibility index (Phi) is 6.27. The van der Waals surface area contributed by atoms with Gasteiger partial charge in [0.25, 0.3) is 0 Å². The fourth-order valence-electron chi connectivity index (χ4n) is 2.66. The lowest BCUT2D eigenvalue weighted by atomic mass is 9.92. The molecule has 1 saturated heterocycles. The first-order valence-electron chi connectivity index (χ1n) is 8.34. The summed E-state index contributed by atoms with van der Waals surface area (Å²) in [5, 5.41) is 10.1. The maximum atomic E-state index is 12.4. The number of carbonyl (C=O) groups excluding carboxylic acids is 2. The molecule has 0 bridgehead atoms. The second-order valence-corrected chi connectivity index (χ2v) is 8.10. The van der Waals surface area contributed by atoms with Gasteiger partial charge in [0.15, 0.2) is 5.78 Å². The molecule has 1 amide bonds. The first-order valence-corrected chi connectivity index (χ1v) is 9.13. The lowest BCUT2D eigenvalue weighted by Gasteiger charge is -2.32. The first kappa shape index (κ1) is 19.5. The molecule has 0 aromatic heterocycles. The maximum absolute atomic E-state index is 12.4. The van der Waals surface area contributed by atoms with Gasteiger partial charge in [-0.15, -0.1) is 0 Å². The standard InChI is InChI=1S/C19H24BrNO4/c1-19(2,3)25-18(24)21-9-7-13(8-10-21)16(22)12-17(23)14-5-4-6-15(20)11-14/h4-6,11-13,23H,7-10H2,1-3H3. The summed E-state index contributed by atoms with van der Waals surface area (Å²) >= 11 is 3.34. The van der Waals surface area contributed by atoms with Gasteiger partial charge in [0.1, 0.15) is 11.4 Å². The van der Waals surface area contributed by atoms with E-state index in [0.29, 0.717) is 31.5 Å². The summed E-state index contributed by atoms with van der Waals surface area (Å²) in [6.07, 6.45) is 2.09. The third kappa shape index (κ3) is 5.88. The van der Waals surface area contributed by atoms with Gasteiger partial charge < -0.3 is 14.7 Å². The van der Waals surface area contributed by atoms with E-state index in [1.807, 2.05) is 26.8 Å². The number of ether oxygens (including phenoxy) is 1. The van der Waals surface area contributed by atoms with Crippen LogP contribution in [0.15, 0.2) is 34.8 Å². The third-order valence-electron chi connectivity index (χ3n) is 3.95. The predicted octanol–water partition coefficient (Wildman–Crippen LogP) is 4.56. The van der Waals surface area contributed by atoms with Crippen molar-refractivity contribution in [2.45, 2.75) is 39.2 Å². The minimum Gasteiger partial charge on any atom is -0.507 e. The highest BCUT2D eigenvalue weighted by molar-refractivity contribution is 9.10. The lowest BCUT2D eigenvalue weighted by molar-refractivity contribution is -0.119. The molecule has 2 rings (SSSR count). The predicted molar refractivity (Wildman–Crippen MR) is 100 cm³/mol. The van der Waals surface area contributed by atoms with Crippen LogP contribution in [-0.2, 0) is 9.53 Å². The minimum atomic E-state index is -0.526. The van der Waals surface area contributed by atoms with Crippen LogP contribution in [0.4, 0.5) is 4.79 Å². The van der Waals surface area contributed by atoms with Gasteiger partial charge in [-0.25, -0.2) is 4.79 Å². The lowest BCUT2D eigenvalue weighted by Crippen LogP contribution is -2.42. The van der Waals surface area contributed by atoms with Crippen molar-refractivity contribution in [3.63, 3.8) is 0 Å². The number of aliphatic hydroxyl groups is 1. The Morgan fingerprint density at radius 2 is 1.92 bits per heavy atom. The highest BCUT2D eigenvalue weighted by atomic mass is 79.9. The zero-order valence-corrected chi connectivity index (χ0v) is 16.4. The number of hydrogen-bond donors (Lipinski definition) is 1. The molecular weight excluding hydrogens is 386 g/mol. The molecule has 5 nitrogen and oxygen atoms in total. The minimum absolute atomic E-state index is 0.0409. The molecule has 1 aliphatic rings. The van der Waals surface area contributed by atoms with Crippen LogP contribution in [0.25, 0.3) is 5.76 Å². The van der Waals surface area contributed by atoms with E-state index >= 15 is 0 Å². The van der Waals surface area contributed by atoms with Crippen LogP contribution >= 0.6 is 15.9 Å². The molecule has 0 saturated carbocycles.